The van der Waals surface area contributed by atoms with E-state index in [1.807, 2.05) is 43.3 Å². The van der Waals surface area contributed by atoms with Crippen molar-refractivity contribution in [1.82, 2.24) is 0 Å². The van der Waals surface area contributed by atoms with E-state index in [1.54, 1.807) is 18.2 Å². The van der Waals surface area contributed by atoms with Gasteiger partial charge >= 0.3 is 0 Å². The molecule has 0 amide bonds. The highest BCUT2D eigenvalue weighted by Crippen LogP contribution is 2.22. The zero-order chi connectivity index (χ0) is 16.3. The molecule has 3 aromatic carbocycles. The van der Waals surface area contributed by atoms with Gasteiger partial charge in [-0.05, 0) is 54.1 Å². The van der Waals surface area contributed by atoms with Crippen LogP contribution in [-0.4, -0.2) is 15.0 Å². The summed E-state index contributed by atoms with van der Waals surface area (Å²) in [6.45, 7) is 2.42. The molecule has 0 unspecified atom stereocenters. The second kappa shape index (κ2) is 6.30. The molecule has 0 fully saturated rings. The molecule has 23 heavy (non-hydrogen) atoms. The van der Waals surface area contributed by atoms with Gasteiger partial charge in [-0.25, -0.2) is 8.42 Å². The molecule has 4 nitrogen and oxygen atoms in total. The molecule has 0 saturated carbocycles. The highest BCUT2D eigenvalue weighted by molar-refractivity contribution is 7.92. The molecular weight excluding hydrogens is 310 g/mol. The summed E-state index contributed by atoms with van der Waals surface area (Å²) in [6, 6.07) is 19.7. The zero-order valence-electron chi connectivity index (χ0n) is 12.7. The first kappa shape index (κ1) is 15.4. The second-order valence-electron chi connectivity index (χ2n) is 5.07. The molecular formula is C18H17NO3S. The van der Waals surface area contributed by atoms with E-state index < -0.39 is 10.0 Å². The van der Waals surface area contributed by atoms with Crippen molar-refractivity contribution >= 4 is 26.5 Å². The third kappa shape index (κ3) is 3.46. The number of nitrogens with one attached hydrogen (secondary N) is 1. The largest absolute Gasteiger partial charge is 0.494 e. The maximum absolute atomic E-state index is 12.5. The summed E-state index contributed by atoms with van der Waals surface area (Å²) in [5, 5.41) is 2.05. The molecule has 3 aromatic rings. The topological polar surface area (TPSA) is 55.4 Å². The number of hydrogen-bond acceptors (Lipinski definition) is 3. The number of ether oxygens (including phenoxy) is 1. The highest BCUT2D eigenvalue weighted by Gasteiger charge is 2.14. The molecule has 0 aliphatic rings. The standard InChI is InChI=1S/C18H17NO3S/c1-2-22-17-9-11-18(12-10-17)23(20,21)19-16-8-7-14-5-3-4-6-15(14)13-16/h3-13,19H,2H2,1H3. The molecule has 3 rings (SSSR count). The van der Waals surface area contributed by atoms with Gasteiger partial charge in [-0.15, -0.1) is 0 Å². The summed E-state index contributed by atoms with van der Waals surface area (Å²) in [4.78, 5) is 0.203. The Labute approximate surface area is 135 Å². The molecule has 0 aliphatic carbocycles. The van der Waals surface area contributed by atoms with E-state index in [-0.39, 0.29) is 4.90 Å². The average Bonchev–Trinajstić information content (AvgIpc) is 2.55. The Hall–Kier alpha value is -2.53. The van der Waals surface area contributed by atoms with Crippen LogP contribution in [0.1, 0.15) is 6.92 Å². The number of hydrogen-bond donors (Lipinski definition) is 1. The van der Waals surface area contributed by atoms with Crippen LogP contribution in [0, 0.1) is 0 Å². The van der Waals surface area contributed by atoms with Crippen molar-refractivity contribution in [2.45, 2.75) is 11.8 Å². The van der Waals surface area contributed by atoms with Crippen molar-refractivity contribution in [1.29, 1.82) is 0 Å². The number of anilines is 1. The van der Waals surface area contributed by atoms with Crippen molar-refractivity contribution in [3.05, 3.63) is 66.7 Å². The van der Waals surface area contributed by atoms with Crippen LogP contribution < -0.4 is 9.46 Å². The van der Waals surface area contributed by atoms with Gasteiger partial charge in [-0.1, -0.05) is 30.3 Å². The van der Waals surface area contributed by atoms with E-state index in [4.69, 9.17) is 4.74 Å². The number of sulfonamides is 1. The molecule has 0 aliphatic heterocycles. The fourth-order valence-electron chi connectivity index (χ4n) is 2.35. The third-order valence-electron chi connectivity index (χ3n) is 3.45. The van der Waals surface area contributed by atoms with Crippen molar-refractivity contribution in [2.24, 2.45) is 0 Å². The van der Waals surface area contributed by atoms with Crippen LogP contribution in [0.3, 0.4) is 0 Å². The monoisotopic (exact) mass is 327 g/mol. The molecule has 0 atom stereocenters. The van der Waals surface area contributed by atoms with Gasteiger partial charge in [0.1, 0.15) is 5.75 Å². The van der Waals surface area contributed by atoms with Crippen LogP contribution >= 0.6 is 0 Å². The van der Waals surface area contributed by atoms with Crippen LogP contribution in [0.5, 0.6) is 5.75 Å². The molecule has 0 aromatic heterocycles. The Balaban J connectivity index is 1.86. The first-order chi connectivity index (χ1) is 11.1. The van der Waals surface area contributed by atoms with Crippen molar-refractivity contribution in [3.8, 4) is 5.75 Å². The van der Waals surface area contributed by atoms with E-state index in [2.05, 4.69) is 4.72 Å². The summed E-state index contributed by atoms with van der Waals surface area (Å²) in [7, 11) is -3.62. The van der Waals surface area contributed by atoms with E-state index in [0.29, 0.717) is 18.0 Å². The molecule has 5 heteroatoms. The first-order valence-corrected chi connectivity index (χ1v) is 8.81. The highest BCUT2D eigenvalue weighted by atomic mass is 32.2. The predicted molar refractivity (Wildman–Crippen MR) is 92.4 cm³/mol. The Morgan fingerprint density at radius 1 is 0.913 bits per heavy atom. The minimum absolute atomic E-state index is 0.203. The van der Waals surface area contributed by atoms with Crippen LogP contribution in [0.25, 0.3) is 10.8 Å². The quantitative estimate of drug-likeness (QED) is 0.769. The lowest BCUT2D eigenvalue weighted by Crippen LogP contribution is -2.12. The molecule has 1 N–H and O–H groups in total. The summed E-state index contributed by atoms with van der Waals surface area (Å²) in [6.07, 6.45) is 0. The Bertz CT molecular complexity index is 918. The van der Waals surface area contributed by atoms with E-state index in [9.17, 15) is 8.42 Å². The summed E-state index contributed by atoms with van der Waals surface area (Å²) < 4.78 is 32.8. The van der Waals surface area contributed by atoms with Gasteiger partial charge in [0.15, 0.2) is 0 Å². The molecule has 0 spiro atoms. The minimum Gasteiger partial charge on any atom is -0.494 e. The fraction of sp³-hybridized carbons (Fsp3) is 0.111. The third-order valence-corrected chi connectivity index (χ3v) is 4.84. The second-order valence-corrected chi connectivity index (χ2v) is 6.75. The van der Waals surface area contributed by atoms with Crippen molar-refractivity contribution < 1.29 is 13.2 Å². The molecule has 0 saturated heterocycles. The van der Waals surface area contributed by atoms with Crippen LogP contribution in [-0.2, 0) is 10.0 Å². The van der Waals surface area contributed by atoms with Gasteiger partial charge < -0.3 is 4.74 Å². The van der Waals surface area contributed by atoms with Crippen LogP contribution in [0.4, 0.5) is 5.69 Å². The maximum Gasteiger partial charge on any atom is 0.261 e. The molecule has 0 bridgehead atoms. The van der Waals surface area contributed by atoms with Gasteiger partial charge in [-0.2, -0.15) is 0 Å². The SMILES string of the molecule is CCOc1ccc(S(=O)(=O)Nc2ccc3ccccc3c2)cc1. The van der Waals surface area contributed by atoms with E-state index in [1.165, 1.54) is 12.1 Å². The van der Waals surface area contributed by atoms with Crippen LogP contribution in [0.2, 0.25) is 0 Å². The fourth-order valence-corrected chi connectivity index (χ4v) is 3.40. The minimum atomic E-state index is -3.62. The lowest BCUT2D eigenvalue weighted by Gasteiger charge is -2.10. The van der Waals surface area contributed by atoms with Crippen molar-refractivity contribution in [2.75, 3.05) is 11.3 Å². The Morgan fingerprint density at radius 3 is 2.30 bits per heavy atom. The lowest BCUT2D eigenvalue weighted by molar-refractivity contribution is 0.340. The Kier molecular flexibility index (Phi) is 4.21. The maximum atomic E-state index is 12.5. The van der Waals surface area contributed by atoms with Gasteiger partial charge in [0, 0.05) is 5.69 Å². The molecule has 118 valence electrons. The number of benzene rings is 3. The smallest absolute Gasteiger partial charge is 0.261 e. The summed E-state index contributed by atoms with van der Waals surface area (Å²) in [5.74, 6) is 0.650. The van der Waals surface area contributed by atoms with Gasteiger partial charge in [0.05, 0.1) is 11.5 Å². The predicted octanol–water partition coefficient (Wildman–Crippen LogP) is 4.04. The van der Waals surface area contributed by atoms with Crippen LogP contribution in [0.15, 0.2) is 71.6 Å². The normalized spacial score (nSPS) is 11.3. The lowest BCUT2D eigenvalue weighted by atomic mass is 10.1. The summed E-state index contributed by atoms with van der Waals surface area (Å²) >= 11 is 0. The van der Waals surface area contributed by atoms with Crippen molar-refractivity contribution in [3.63, 3.8) is 0 Å². The van der Waals surface area contributed by atoms with E-state index in [0.717, 1.165) is 10.8 Å². The van der Waals surface area contributed by atoms with E-state index >= 15 is 0 Å². The van der Waals surface area contributed by atoms with Gasteiger partial charge in [0.2, 0.25) is 0 Å². The average molecular weight is 327 g/mol. The number of rotatable bonds is 5. The molecule has 0 heterocycles. The Morgan fingerprint density at radius 2 is 1.61 bits per heavy atom. The zero-order valence-corrected chi connectivity index (χ0v) is 13.5. The summed E-state index contributed by atoms with van der Waals surface area (Å²) in [5.41, 5.74) is 0.539. The van der Waals surface area contributed by atoms with Gasteiger partial charge in [0.25, 0.3) is 10.0 Å². The van der Waals surface area contributed by atoms with Gasteiger partial charge in [-0.3, -0.25) is 4.72 Å². The molecule has 0 radical (unpaired) electrons. The first-order valence-electron chi connectivity index (χ1n) is 7.33. The number of fused-ring (bicyclic) bond motifs is 1.